The summed E-state index contributed by atoms with van der Waals surface area (Å²) in [4.78, 5) is 19.0. The highest BCUT2D eigenvalue weighted by atomic mass is 16.5. The number of carbonyl (C=O) groups excluding carboxylic acids is 1. The predicted molar refractivity (Wildman–Crippen MR) is 119 cm³/mol. The molecule has 1 aromatic heterocycles. The Morgan fingerprint density at radius 2 is 1.97 bits per heavy atom. The van der Waals surface area contributed by atoms with Gasteiger partial charge in [0.05, 0.1) is 13.7 Å². The lowest BCUT2D eigenvalue weighted by molar-refractivity contribution is -0.130. The highest BCUT2D eigenvalue weighted by Crippen LogP contribution is 2.39. The highest BCUT2D eigenvalue weighted by molar-refractivity contribution is 5.76. The van der Waals surface area contributed by atoms with Crippen molar-refractivity contribution < 1.29 is 18.8 Å². The lowest BCUT2D eigenvalue weighted by atomic mass is 10.1. The first-order valence-corrected chi connectivity index (χ1v) is 11.2. The molecule has 1 aliphatic heterocycles. The van der Waals surface area contributed by atoms with E-state index in [-0.39, 0.29) is 12.0 Å². The van der Waals surface area contributed by atoms with Crippen molar-refractivity contribution in [2.75, 3.05) is 20.2 Å². The van der Waals surface area contributed by atoms with E-state index >= 15 is 0 Å². The van der Waals surface area contributed by atoms with Gasteiger partial charge in [-0.05, 0) is 61.2 Å². The number of aromatic nitrogens is 2. The molecule has 32 heavy (non-hydrogen) atoms. The Morgan fingerprint density at radius 1 is 1.12 bits per heavy atom. The van der Waals surface area contributed by atoms with Gasteiger partial charge in [-0.2, -0.15) is 4.98 Å². The van der Waals surface area contributed by atoms with Gasteiger partial charge in [-0.25, -0.2) is 0 Å². The summed E-state index contributed by atoms with van der Waals surface area (Å²) in [5.41, 5.74) is 2.02. The van der Waals surface area contributed by atoms with Crippen molar-refractivity contribution >= 4 is 5.91 Å². The molecule has 7 nitrogen and oxygen atoms in total. The van der Waals surface area contributed by atoms with Gasteiger partial charge in [-0.3, -0.25) is 4.79 Å². The topological polar surface area (TPSA) is 77.7 Å². The summed E-state index contributed by atoms with van der Waals surface area (Å²) in [6, 6.07) is 15.6. The number of benzene rings is 2. The van der Waals surface area contributed by atoms with Crippen molar-refractivity contribution in [1.82, 2.24) is 15.0 Å². The van der Waals surface area contributed by atoms with Crippen LogP contribution in [0, 0.1) is 0 Å². The normalized spacial score (nSPS) is 18.0. The van der Waals surface area contributed by atoms with Crippen molar-refractivity contribution in [3.8, 4) is 22.9 Å². The van der Waals surface area contributed by atoms with Gasteiger partial charge in [0.1, 0.15) is 17.6 Å². The van der Waals surface area contributed by atoms with Crippen LogP contribution < -0.4 is 9.47 Å². The number of aryl methyl sites for hydroxylation is 1. The third-order valence-corrected chi connectivity index (χ3v) is 6.04. The van der Waals surface area contributed by atoms with E-state index in [1.54, 1.807) is 7.11 Å². The second-order valence-electron chi connectivity index (χ2n) is 8.47. The number of likely N-dealkylation sites (tertiary alicyclic amines) is 1. The molecular formula is C25H27N3O4. The van der Waals surface area contributed by atoms with Gasteiger partial charge < -0.3 is 18.9 Å². The van der Waals surface area contributed by atoms with Crippen molar-refractivity contribution in [1.29, 1.82) is 0 Å². The fraction of sp³-hybridized carbons (Fsp3) is 0.400. The van der Waals surface area contributed by atoms with Crippen LogP contribution >= 0.6 is 0 Å². The maximum absolute atomic E-state index is 12.6. The lowest BCUT2D eigenvalue weighted by Crippen LogP contribution is -2.31. The van der Waals surface area contributed by atoms with E-state index in [1.165, 1.54) is 0 Å². The standard InChI is InChI=1S/C25H27N3O4/c1-30-21-4-2-3-17(15-21)5-12-23(29)28-14-13-22(16-28)31-20-10-8-18(9-11-20)24-26-25(32-27-24)19-6-7-19/h2-4,8-11,15,19,22H,5-7,12-14,16H2,1H3. The van der Waals surface area contributed by atoms with E-state index in [4.69, 9.17) is 14.0 Å². The van der Waals surface area contributed by atoms with Crippen LogP contribution in [0.25, 0.3) is 11.4 Å². The monoisotopic (exact) mass is 433 g/mol. The zero-order valence-electron chi connectivity index (χ0n) is 18.2. The molecule has 2 fully saturated rings. The molecule has 1 amide bonds. The minimum Gasteiger partial charge on any atom is -0.497 e. The molecule has 2 aromatic carbocycles. The van der Waals surface area contributed by atoms with Gasteiger partial charge >= 0.3 is 0 Å². The lowest BCUT2D eigenvalue weighted by Gasteiger charge is -2.17. The molecule has 2 heterocycles. The summed E-state index contributed by atoms with van der Waals surface area (Å²) in [6.07, 6.45) is 4.31. The number of carbonyl (C=O) groups is 1. The van der Waals surface area contributed by atoms with Gasteiger partial charge in [0.2, 0.25) is 17.6 Å². The number of hydrogen-bond acceptors (Lipinski definition) is 6. The highest BCUT2D eigenvalue weighted by Gasteiger charge is 2.30. The van der Waals surface area contributed by atoms with Crippen molar-refractivity contribution in [2.45, 2.75) is 44.1 Å². The Labute approximate surface area is 187 Å². The molecule has 0 spiro atoms. The van der Waals surface area contributed by atoms with Gasteiger partial charge in [0.25, 0.3) is 0 Å². The minimum absolute atomic E-state index is 0.00765. The molecule has 1 atom stereocenters. The Bertz CT molecular complexity index is 1070. The first-order valence-electron chi connectivity index (χ1n) is 11.2. The smallest absolute Gasteiger partial charge is 0.230 e. The predicted octanol–water partition coefficient (Wildman–Crippen LogP) is 4.24. The number of rotatable bonds is 8. The van der Waals surface area contributed by atoms with E-state index in [0.717, 1.165) is 54.3 Å². The third kappa shape index (κ3) is 4.77. The largest absolute Gasteiger partial charge is 0.497 e. The Kier molecular flexibility index (Phi) is 5.79. The maximum Gasteiger partial charge on any atom is 0.230 e. The average molecular weight is 434 g/mol. The molecule has 0 N–H and O–H groups in total. The fourth-order valence-corrected chi connectivity index (χ4v) is 4.01. The SMILES string of the molecule is COc1cccc(CCC(=O)N2CCC(Oc3ccc(-c4noc(C5CC5)n4)cc3)C2)c1. The molecule has 166 valence electrons. The summed E-state index contributed by atoms with van der Waals surface area (Å²) in [5, 5.41) is 4.08. The maximum atomic E-state index is 12.6. The number of nitrogens with zero attached hydrogens (tertiary/aromatic N) is 3. The summed E-state index contributed by atoms with van der Waals surface area (Å²) in [5.74, 6) is 3.57. The van der Waals surface area contributed by atoms with E-state index in [0.29, 0.717) is 31.1 Å². The fourth-order valence-electron chi connectivity index (χ4n) is 4.01. The number of ether oxygens (including phenoxy) is 2. The van der Waals surface area contributed by atoms with Crippen molar-refractivity contribution in [2.24, 2.45) is 0 Å². The number of amides is 1. The quantitative estimate of drug-likeness (QED) is 0.529. The number of methoxy groups -OCH3 is 1. The molecule has 2 aliphatic rings. The number of hydrogen-bond donors (Lipinski definition) is 0. The van der Waals surface area contributed by atoms with Crippen molar-refractivity contribution in [3.05, 3.63) is 60.0 Å². The first-order chi connectivity index (χ1) is 15.7. The Balaban J connectivity index is 1.11. The molecule has 1 aliphatic carbocycles. The van der Waals surface area contributed by atoms with Gasteiger partial charge in [0.15, 0.2) is 0 Å². The Hall–Kier alpha value is -3.35. The van der Waals surface area contributed by atoms with Crippen LogP contribution in [-0.4, -0.2) is 47.3 Å². The van der Waals surface area contributed by atoms with Crippen LogP contribution in [0.2, 0.25) is 0 Å². The van der Waals surface area contributed by atoms with Crippen LogP contribution in [0.4, 0.5) is 0 Å². The van der Waals surface area contributed by atoms with Crippen LogP contribution in [-0.2, 0) is 11.2 Å². The van der Waals surface area contributed by atoms with Crippen molar-refractivity contribution in [3.63, 3.8) is 0 Å². The Morgan fingerprint density at radius 3 is 2.75 bits per heavy atom. The average Bonchev–Trinajstić information content (AvgIpc) is 3.37. The second-order valence-corrected chi connectivity index (χ2v) is 8.47. The third-order valence-electron chi connectivity index (χ3n) is 6.04. The van der Waals surface area contributed by atoms with E-state index < -0.39 is 0 Å². The molecule has 1 saturated heterocycles. The van der Waals surface area contributed by atoms with Gasteiger partial charge in [-0.1, -0.05) is 17.3 Å². The van der Waals surface area contributed by atoms with Crippen LogP contribution in [0.15, 0.2) is 53.1 Å². The molecule has 5 rings (SSSR count). The molecule has 3 aromatic rings. The van der Waals surface area contributed by atoms with E-state index in [2.05, 4.69) is 10.1 Å². The van der Waals surface area contributed by atoms with Gasteiger partial charge in [0, 0.05) is 30.9 Å². The second kappa shape index (κ2) is 9.02. The van der Waals surface area contributed by atoms with Gasteiger partial charge in [-0.15, -0.1) is 0 Å². The molecular weight excluding hydrogens is 406 g/mol. The molecule has 0 radical (unpaired) electrons. The first kappa shape index (κ1) is 20.5. The summed E-state index contributed by atoms with van der Waals surface area (Å²) in [6.45, 7) is 1.35. The van der Waals surface area contributed by atoms with E-state index in [9.17, 15) is 4.79 Å². The molecule has 1 unspecified atom stereocenters. The molecule has 0 bridgehead atoms. The zero-order chi connectivity index (χ0) is 21.9. The minimum atomic E-state index is 0.00765. The molecule has 1 saturated carbocycles. The van der Waals surface area contributed by atoms with Crippen LogP contribution in [0.5, 0.6) is 11.5 Å². The summed E-state index contributed by atoms with van der Waals surface area (Å²) in [7, 11) is 1.65. The van der Waals surface area contributed by atoms with E-state index in [1.807, 2.05) is 53.4 Å². The molecule has 7 heteroatoms. The summed E-state index contributed by atoms with van der Waals surface area (Å²) < 4.78 is 16.7. The zero-order valence-corrected chi connectivity index (χ0v) is 18.2. The van der Waals surface area contributed by atoms with Crippen LogP contribution in [0.1, 0.15) is 43.1 Å². The van der Waals surface area contributed by atoms with Crippen LogP contribution in [0.3, 0.4) is 0 Å². The summed E-state index contributed by atoms with van der Waals surface area (Å²) >= 11 is 0.